The Hall–Kier alpha value is -2.11. The maximum absolute atomic E-state index is 5.78. The van der Waals surface area contributed by atoms with Crippen LogP contribution in [-0.2, 0) is 0 Å². The van der Waals surface area contributed by atoms with Crippen molar-refractivity contribution in [2.45, 2.75) is 25.3 Å². The Kier molecular flexibility index (Phi) is 2.21. The number of hydrogen-bond acceptors (Lipinski definition) is 5. The molecule has 0 saturated heterocycles. The molecule has 3 rings (SSSR count). The first-order valence-electron chi connectivity index (χ1n) is 5.68. The highest BCUT2D eigenvalue weighted by atomic mass is 15.6. The molecule has 1 aliphatic rings. The van der Waals surface area contributed by atoms with Crippen LogP contribution < -0.4 is 11.5 Å². The Bertz CT molecular complexity index is 522. The molecule has 1 aliphatic carbocycles. The van der Waals surface area contributed by atoms with E-state index in [1.165, 1.54) is 6.42 Å². The van der Waals surface area contributed by atoms with E-state index in [9.17, 15) is 0 Å². The lowest BCUT2D eigenvalue weighted by atomic mass is 9.93. The van der Waals surface area contributed by atoms with Crippen LogP contribution in [-0.4, -0.2) is 20.2 Å². The van der Waals surface area contributed by atoms with Crippen molar-refractivity contribution < 1.29 is 0 Å². The standard InChI is InChI=1S/C11H14N6/c12-8-4-7(5-9(13)6-8)11-14-15-16-17(11)10-2-1-3-10/h4-6,10H,1-3,12-13H2. The summed E-state index contributed by atoms with van der Waals surface area (Å²) in [6, 6.07) is 5.83. The highest BCUT2D eigenvalue weighted by molar-refractivity contribution is 5.67. The molecular weight excluding hydrogens is 216 g/mol. The summed E-state index contributed by atoms with van der Waals surface area (Å²) < 4.78 is 1.87. The third kappa shape index (κ3) is 1.71. The number of hydrogen-bond donors (Lipinski definition) is 2. The van der Waals surface area contributed by atoms with Crippen LogP contribution in [0.4, 0.5) is 11.4 Å². The zero-order chi connectivity index (χ0) is 11.8. The van der Waals surface area contributed by atoms with Crippen LogP contribution >= 0.6 is 0 Å². The first-order chi connectivity index (χ1) is 8.24. The summed E-state index contributed by atoms with van der Waals surface area (Å²) in [7, 11) is 0. The van der Waals surface area contributed by atoms with Gasteiger partial charge in [-0.05, 0) is 47.9 Å². The van der Waals surface area contributed by atoms with Crippen molar-refractivity contribution in [1.82, 2.24) is 20.2 Å². The van der Waals surface area contributed by atoms with E-state index in [1.54, 1.807) is 6.07 Å². The number of rotatable bonds is 2. The second kappa shape index (κ2) is 3.73. The van der Waals surface area contributed by atoms with Gasteiger partial charge < -0.3 is 11.5 Å². The zero-order valence-electron chi connectivity index (χ0n) is 9.37. The number of tetrazole rings is 1. The van der Waals surface area contributed by atoms with Crippen LogP contribution in [0.15, 0.2) is 18.2 Å². The van der Waals surface area contributed by atoms with Gasteiger partial charge in [0.05, 0.1) is 6.04 Å². The lowest BCUT2D eigenvalue weighted by molar-refractivity contribution is 0.287. The van der Waals surface area contributed by atoms with Gasteiger partial charge in [-0.25, -0.2) is 4.68 Å². The lowest BCUT2D eigenvalue weighted by Crippen LogP contribution is -2.19. The van der Waals surface area contributed by atoms with Crippen molar-refractivity contribution >= 4 is 11.4 Å². The Morgan fingerprint density at radius 1 is 1.12 bits per heavy atom. The van der Waals surface area contributed by atoms with Gasteiger partial charge >= 0.3 is 0 Å². The summed E-state index contributed by atoms with van der Waals surface area (Å²) in [5.74, 6) is 0.744. The molecule has 0 atom stereocenters. The molecule has 1 saturated carbocycles. The van der Waals surface area contributed by atoms with E-state index in [4.69, 9.17) is 11.5 Å². The van der Waals surface area contributed by atoms with Gasteiger partial charge in [0.15, 0.2) is 5.82 Å². The largest absolute Gasteiger partial charge is 0.399 e. The van der Waals surface area contributed by atoms with Gasteiger partial charge in [-0.1, -0.05) is 0 Å². The van der Waals surface area contributed by atoms with E-state index in [2.05, 4.69) is 15.5 Å². The number of benzene rings is 1. The summed E-state index contributed by atoms with van der Waals surface area (Å²) >= 11 is 0. The molecule has 1 fully saturated rings. The van der Waals surface area contributed by atoms with Gasteiger partial charge in [0.2, 0.25) is 0 Å². The molecule has 1 heterocycles. The topological polar surface area (TPSA) is 95.6 Å². The van der Waals surface area contributed by atoms with Crippen molar-refractivity contribution in [2.24, 2.45) is 0 Å². The second-order valence-corrected chi connectivity index (χ2v) is 4.42. The highest BCUT2D eigenvalue weighted by Crippen LogP contribution is 2.34. The van der Waals surface area contributed by atoms with Crippen LogP contribution in [0.25, 0.3) is 11.4 Å². The molecule has 0 bridgehead atoms. The van der Waals surface area contributed by atoms with Crippen molar-refractivity contribution in [2.75, 3.05) is 11.5 Å². The summed E-state index contributed by atoms with van der Waals surface area (Å²) in [6.45, 7) is 0. The second-order valence-electron chi connectivity index (χ2n) is 4.42. The zero-order valence-corrected chi connectivity index (χ0v) is 9.37. The normalized spacial score (nSPS) is 15.8. The molecule has 88 valence electrons. The Balaban J connectivity index is 2.05. The van der Waals surface area contributed by atoms with E-state index in [-0.39, 0.29) is 0 Å². The van der Waals surface area contributed by atoms with Crippen LogP contribution in [0, 0.1) is 0 Å². The highest BCUT2D eigenvalue weighted by Gasteiger charge is 2.24. The van der Waals surface area contributed by atoms with Gasteiger partial charge in [0, 0.05) is 16.9 Å². The smallest absolute Gasteiger partial charge is 0.182 e. The first-order valence-corrected chi connectivity index (χ1v) is 5.68. The molecule has 1 aromatic carbocycles. The molecule has 6 nitrogen and oxygen atoms in total. The van der Waals surface area contributed by atoms with Crippen molar-refractivity contribution in [1.29, 1.82) is 0 Å². The van der Waals surface area contributed by atoms with Gasteiger partial charge in [-0.2, -0.15) is 0 Å². The maximum atomic E-state index is 5.78. The van der Waals surface area contributed by atoms with Crippen molar-refractivity contribution in [3.8, 4) is 11.4 Å². The quantitative estimate of drug-likeness (QED) is 0.756. The van der Waals surface area contributed by atoms with Gasteiger partial charge in [-0.3, -0.25) is 0 Å². The van der Waals surface area contributed by atoms with Gasteiger partial charge in [-0.15, -0.1) is 5.10 Å². The lowest BCUT2D eigenvalue weighted by Gasteiger charge is -2.25. The Labute approximate surface area is 98.6 Å². The van der Waals surface area contributed by atoms with E-state index in [0.29, 0.717) is 17.4 Å². The van der Waals surface area contributed by atoms with Crippen LogP contribution in [0.5, 0.6) is 0 Å². The predicted octanol–water partition coefficient (Wildman–Crippen LogP) is 1.23. The molecule has 1 aromatic heterocycles. The minimum Gasteiger partial charge on any atom is -0.399 e. The average molecular weight is 230 g/mol. The molecule has 0 amide bonds. The molecule has 0 unspecified atom stereocenters. The maximum Gasteiger partial charge on any atom is 0.182 e. The number of nitrogen functional groups attached to an aromatic ring is 2. The molecule has 4 N–H and O–H groups in total. The Morgan fingerprint density at radius 2 is 1.82 bits per heavy atom. The van der Waals surface area contributed by atoms with Crippen molar-refractivity contribution in [3.63, 3.8) is 0 Å². The van der Waals surface area contributed by atoms with Crippen LogP contribution in [0.2, 0.25) is 0 Å². The minimum absolute atomic E-state index is 0.419. The molecule has 0 spiro atoms. The monoisotopic (exact) mass is 230 g/mol. The number of aromatic nitrogens is 4. The number of nitrogens with zero attached hydrogens (tertiary/aromatic N) is 4. The molecule has 6 heteroatoms. The first kappa shape index (κ1) is 10.1. The summed E-state index contributed by atoms with van der Waals surface area (Å²) in [6.07, 6.45) is 3.51. The van der Waals surface area contributed by atoms with Gasteiger partial charge in [0.25, 0.3) is 0 Å². The molecular formula is C11H14N6. The van der Waals surface area contributed by atoms with E-state index < -0.39 is 0 Å². The fourth-order valence-electron chi connectivity index (χ4n) is 2.07. The molecule has 0 radical (unpaired) electrons. The summed E-state index contributed by atoms with van der Waals surface area (Å²) in [4.78, 5) is 0. The van der Waals surface area contributed by atoms with Crippen LogP contribution in [0.1, 0.15) is 25.3 Å². The van der Waals surface area contributed by atoms with E-state index in [1.807, 2.05) is 16.8 Å². The average Bonchev–Trinajstić information content (AvgIpc) is 2.62. The summed E-state index contributed by atoms with van der Waals surface area (Å²) in [5, 5.41) is 11.9. The number of nitrogens with two attached hydrogens (primary N) is 2. The molecule has 0 aliphatic heterocycles. The fraction of sp³-hybridized carbons (Fsp3) is 0.364. The predicted molar refractivity (Wildman–Crippen MR) is 65.0 cm³/mol. The number of anilines is 2. The third-order valence-electron chi connectivity index (χ3n) is 3.15. The summed E-state index contributed by atoms with van der Waals surface area (Å²) in [5.41, 5.74) is 13.7. The van der Waals surface area contributed by atoms with Crippen molar-refractivity contribution in [3.05, 3.63) is 18.2 Å². The molecule has 2 aromatic rings. The Morgan fingerprint density at radius 3 is 2.41 bits per heavy atom. The SMILES string of the molecule is Nc1cc(N)cc(-c2nnnn2C2CCC2)c1. The fourth-order valence-corrected chi connectivity index (χ4v) is 2.07. The third-order valence-corrected chi connectivity index (χ3v) is 3.15. The van der Waals surface area contributed by atoms with E-state index >= 15 is 0 Å². The van der Waals surface area contributed by atoms with Gasteiger partial charge in [0.1, 0.15) is 0 Å². The molecule has 17 heavy (non-hydrogen) atoms. The van der Waals surface area contributed by atoms with Crippen LogP contribution in [0.3, 0.4) is 0 Å². The minimum atomic E-state index is 0.419. The van der Waals surface area contributed by atoms with E-state index in [0.717, 1.165) is 24.2 Å².